The van der Waals surface area contributed by atoms with E-state index in [2.05, 4.69) is 15.0 Å². The molecule has 0 unspecified atom stereocenters. The van der Waals surface area contributed by atoms with E-state index in [0.29, 0.717) is 22.3 Å². The summed E-state index contributed by atoms with van der Waals surface area (Å²) in [5, 5.41) is 3.33. The zero-order valence-electron chi connectivity index (χ0n) is 14.2. The number of aromatic nitrogens is 1. The molecule has 1 heterocycles. The SMILES string of the molecule is COc1ccc(NC(C)=O)cc1NS(=O)(=O)c1cccc2cccnc12. The van der Waals surface area contributed by atoms with Crippen LogP contribution in [0.2, 0.25) is 0 Å². The van der Waals surface area contributed by atoms with E-state index in [-0.39, 0.29) is 16.5 Å². The van der Waals surface area contributed by atoms with Gasteiger partial charge in [0, 0.05) is 24.2 Å². The summed E-state index contributed by atoms with van der Waals surface area (Å²) in [4.78, 5) is 15.5. The van der Waals surface area contributed by atoms with Gasteiger partial charge in [-0.15, -0.1) is 0 Å². The second-order valence-corrected chi connectivity index (χ2v) is 7.18. The Labute approximate surface area is 151 Å². The Morgan fingerprint density at radius 2 is 1.88 bits per heavy atom. The number of hydrogen-bond donors (Lipinski definition) is 2. The topological polar surface area (TPSA) is 97.4 Å². The van der Waals surface area contributed by atoms with Crippen LogP contribution in [-0.4, -0.2) is 26.4 Å². The highest BCUT2D eigenvalue weighted by molar-refractivity contribution is 7.93. The summed E-state index contributed by atoms with van der Waals surface area (Å²) in [6, 6.07) is 13.2. The van der Waals surface area contributed by atoms with Crippen LogP contribution in [0.1, 0.15) is 6.92 Å². The highest BCUT2D eigenvalue weighted by Gasteiger charge is 2.20. The van der Waals surface area contributed by atoms with Crippen LogP contribution in [0.15, 0.2) is 59.6 Å². The Morgan fingerprint density at radius 1 is 1.12 bits per heavy atom. The van der Waals surface area contributed by atoms with Gasteiger partial charge in [-0.1, -0.05) is 18.2 Å². The van der Waals surface area contributed by atoms with Crippen molar-refractivity contribution in [1.29, 1.82) is 0 Å². The highest BCUT2D eigenvalue weighted by Crippen LogP contribution is 2.31. The number of ether oxygens (including phenoxy) is 1. The molecule has 1 aromatic heterocycles. The van der Waals surface area contributed by atoms with E-state index in [1.165, 1.54) is 26.2 Å². The predicted octanol–water partition coefficient (Wildman–Crippen LogP) is 3.00. The third-order valence-electron chi connectivity index (χ3n) is 3.65. The predicted molar refractivity (Wildman–Crippen MR) is 99.8 cm³/mol. The number of anilines is 2. The van der Waals surface area contributed by atoms with Crippen molar-refractivity contribution in [3.63, 3.8) is 0 Å². The van der Waals surface area contributed by atoms with E-state index in [1.54, 1.807) is 42.6 Å². The first-order chi connectivity index (χ1) is 12.4. The average Bonchev–Trinajstić information content (AvgIpc) is 2.60. The molecular weight excluding hydrogens is 354 g/mol. The Bertz CT molecular complexity index is 1080. The number of rotatable bonds is 5. The van der Waals surface area contributed by atoms with Gasteiger partial charge in [0.2, 0.25) is 5.91 Å². The first kappa shape index (κ1) is 17.7. The molecule has 3 rings (SSSR count). The molecule has 0 fully saturated rings. The van der Waals surface area contributed by atoms with Crippen molar-refractivity contribution in [2.45, 2.75) is 11.8 Å². The van der Waals surface area contributed by atoms with Gasteiger partial charge in [-0.2, -0.15) is 0 Å². The summed E-state index contributed by atoms with van der Waals surface area (Å²) in [5.74, 6) is 0.0677. The van der Waals surface area contributed by atoms with Crippen LogP contribution >= 0.6 is 0 Å². The molecule has 3 aromatic rings. The van der Waals surface area contributed by atoms with Gasteiger partial charge < -0.3 is 10.1 Å². The number of amides is 1. The lowest BCUT2D eigenvalue weighted by Gasteiger charge is -2.14. The Kier molecular flexibility index (Phi) is 4.77. The van der Waals surface area contributed by atoms with Gasteiger partial charge in [0.05, 0.1) is 18.3 Å². The average molecular weight is 371 g/mol. The molecule has 0 aliphatic carbocycles. The molecule has 2 aromatic carbocycles. The first-order valence-corrected chi connectivity index (χ1v) is 9.21. The van der Waals surface area contributed by atoms with Crippen molar-refractivity contribution in [3.05, 3.63) is 54.7 Å². The number of methoxy groups -OCH3 is 1. The number of benzene rings is 2. The molecule has 26 heavy (non-hydrogen) atoms. The number of fused-ring (bicyclic) bond motifs is 1. The van der Waals surface area contributed by atoms with E-state index in [0.717, 1.165) is 0 Å². The van der Waals surface area contributed by atoms with Crippen LogP contribution < -0.4 is 14.8 Å². The number of carbonyl (C=O) groups excluding carboxylic acids is 1. The minimum atomic E-state index is -3.92. The number of sulfonamides is 1. The third kappa shape index (κ3) is 3.60. The van der Waals surface area contributed by atoms with E-state index in [9.17, 15) is 13.2 Å². The van der Waals surface area contributed by atoms with Crippen molar-refractivity contribution >= 4 is 38.2 Å². The monoisotopic (exact) mass is 371 g/mol. The summed E-state index contributed by atoms with van der Waals surface area (Å²) in [7, 11) is -2.49. The fraction of sp³-hybridized carbons (Fsp3) is 0.111. The van der Waals surface area contributed by atoms with Crippen molar-refractivity contribution in [2.75, 3.05) is 17.1 Å². The van der Waals surface area contributed by atoms with Crippen molar-refractivity contribution in [2.24, 2.45) is 0 Å². The summed E-state index contributed by atoms with van der Waals surface area (Å²) in [6.45, 7) is 1.37. The lowest BCUT2D eigenvalue weighted by molar-refractivity contribution is -0.114. The molecule has 0 aliphatic rings. The van der Waals surface area contributed by atoms with E-state index < -0.39 is 10.0 Å². The minimum Gasteiger partial charge on any atom is -0.495 e. The standard InChI is InChI=1S/C18H17N3O4S/c1-12(22)20-14-8-9-16(25-2)15(11-14)21-26(23,24)17-7-3-5-13-6-4-10-19-18(13)17/h3-11,21H,1-2H3,(H,20,22). The van der Waals surface area contributed by atoms with Gasteiger partial charge in [0.15, 0.2) is 0 Å². The second kappa shape index (κ2) is 7.01. The fourth-order valence-corrected chi connectivity index (χ4v) is 3.80. The van der Waals surface area contributed by atoms with Crippen LogP contribution in [0.4, 0.5) is 11.4 Å². The molecule has 0 bridgehead atoms. The van der Waals surface area contributed by atoms with Crippen molar-refractivity contribution in [1.82, 2.24) is 4.98 Å². The molecule has 8 heteroatoms. The summed E-state index contributed by atoms with van der Waals surface area (Å²) in [6.07, 6.45) is 1.54. The Morgan fingerprint density at radius 3 is 2.62 bits per heavy atom. The molecular formula is C18H17N3O4S. The van der Waals surface area contributed by atoms with Gasteiger partial charge in [-0.25, -0.2) is 8.42 Å². The number of para-hydroxylation sites is 1. The van der Waals surface area contributed by atoms with Gasteiger partial charge in [0.25, 0.3) is 10.0 Å². The van der Waals surface area contributed by atoms with Crippen LogP contribution in [0.25, 0.3) is 10.9 Å². The molecule has 0 atom stereocenters. The largest absolute Gasteiger partial charge is 0.495 e. The number of nitrogens with one attached hydrogen (secondary N) is 2. The van der Waals surface area contributed by atoms with Crippen LogP contribution in [-0.2, 0) is 14.8 Å². The normalized spacial score (nSPS) is 11.2. The van der Waals surface area contributed by atoms with Crippen LogP contribution in [0.3, 0.4) is 0 Å². The number of carbonyl (C=O) groups is 1. The summed E-state index contributed by atoms with van der Waals surface area (Å²) >= 11 is 0. The molecule has 0 spiro atoms. The lowest BCUT2D eigenvalue weighted by atomic mass is 10.2. The van der Waals surface area contributed by atoms with Gasteiger partial charge in [-0.3, -0.25) is 14.5 Å². The first-order valence-electron chi connectivity index (χ1n) is 7.73. The zero-order chi connectivity index (χ0) is 18.7. The van der Waals surface area contributed by atoms with Crippen molar-refractivity contribution in [3.8, 4) is 5.75 Å². The van der Waals surface area contributed by atoms with Gasteiger partial charge in [-0.05, 0) is 30.3 Å². The van der Waals surface area contributed by atoms with Crippen LogP contribution in [0, 0.1) is 0 Å². The van der Waals surface area contributed by atoms with E-state index in [4.69, 9.17) is 4.74 Å². The van der Waals surface area contributed by atoms with Gasteiger partial charge >= 0.3 is 0 Å². The molecule has 134 valence electrons. The number of hydrogen-bond acceptors (Lipinski definition) is 5. The number of pyridine rings is 1. The maximum Gasteiger partial charge on any atom is 0.264 e. The smallest absolute Gasteiger partial charge is 0.264 e. The molecule has 7 nitrogen and oxygen atoms in total. The Hall–Kier alpha value is -3.13. The summed E-state index contributed by atoms with van der Waals surface area (Å²) < 4.78 is 33.6. The molecule has 0 aliphatic heterocycles. The fourth-order valence-electron chi connectivity index (χ4n) is 2.56. The van der Waals surface area contributed by atoms with Crippen LogP contribution in [0.5, 0.6) is 5.75 Å². The molecule has 0 radical (unpaired) electrons. The minimum absolute atomic E-state index is 0.0579. The van der Waals surface area contributed by atoms with E-state index >= 15 is 0 Å². The molecule has 2 N–H and O–H groups in total. The molecule has 0 saturated heterocycles. The third-order valence-corrected chi connectivity index (χ3v) is 5.05. The molecule has 1 amide bonds. The maximum absolute atomic E-state index is 12.9. The highest BCUT2D eigenvalue weighted by atomic mass is 32.2. The quantitative estimate of drug-likeness (QED) is 0.718. The van der Waals surface area contributed by atoms with Gasteiger partial charge in [0.1, 0.15) is 10.6 Å². The zero-order valence-corrected chi connectivity index (χ0v) is 15.0. The van der Waals surface area contributed by atoms with E-state index in [1.807, 2.05) is 0 Å². The summed E-state index contributed by atoms with van der Waals surface area (Å²) in [5.41, 5.74) is 1.04. The molecule has 0 saturated carbocycles. The number of nitrogens with zero attached hydrogens (tertiary/aromatic N) is 1. The Balaban J connectivity index is 2.05. The second-order valence-electron chi connectivity index (χ2n) is 5.53. The lowest BCUT2D eigenvalue weighted by Crippen LogP contribution is -2.15. The van der Waals surface area contributed by atoms with Crippen molar-refractivity contribution < 1.29 is 17.9 Å². The maximum atomic E-state index is 12.9.